The van der Waals surface area contributed by atoms with E-state index in [1.807, 2.05) is 17.1 Å². The Morgan fingerprint density at radius 2 is 1.56 bits per heavy atom. The van der Waals surface area contributed by atoms with E-state index in [0.717, 1.165) is 6.29 Å². The summed E-state index contributed by atoms with van der Waals surface area (Å²) in [5.74, 6) is -0.267. The summed E-state index contributed by atoms with van der Waals surface area (Å²) in [4.78, 5) is 22.7. The highest BCUT2D eigenvalue weighted by molar-refractivity contribution is 14.1. The van der Waals surface area contributed by atoms with Crippen LogP contribution >= 0.6 is 22.6 Å². The zero-order valence-corrected chi connectivity index (χ0v) is 19.9. The van der Waals surface area contributed by atoms with E-state index in [2.05, 4.69) is 64.1 Å². The predicted octanol–water partition coefficient (Wildman–Crippen LogP) is 5.80. The van der Waals surface area contributed by atoms with Crippen LogP contribution in [0, 0.1) is 0 Å². The van der Waals surface area contributed by atoms with Gasteiger partial charge >= 0.3 is 5.97 Å². The normalized spacial score (nSPS) is 15.2. The van der Waals surface area contributed by atoms with Crippen molar-refractivity contribution in [3.8, 4) is 0 Å². The lowest BCUT2D eigenvalue weighted by Gasteiger charge is -2.44. The fourth-order valence-electron chi connectivity index (χ4n) is 3.70. The average molecular weight is 482 g/mol. The van der Waals surface area contributed by atoms with Gasteiger partial charge in [-0.3, -0.25) is 4.79 Å². The monoisotopic (exact) mass is 482 g/mol. The Labute approximate surface area is 168 Å². The number of carbonyl (C=O) groups excluding carboxylic acids is 2. The number of halogens is 1. The molecule has 4 nitrogen and oxygen atoms in total. The van der Waals surface area contributed by atoms with Gasteiger partial charge in [0.25, 0.3) is 0 Å². The Morgan fingerprint density at radius 1 is 1.04 bits per heavy atom. The number of esters is 1. The molecule has 0 aliphatic heterocycles. The molecule has 0 radical (unpaired) electrons. The zero-order chi connectivity index (χ0) is 19.6. The molecule has 0 aromatic carbocycles. The molecule has 0 spiro atoms. The second kappa shape index (κ2) is 12.2. The second-order valence-corrected chi connectivity index (χ2v) is 13.7. The number of aldehydes is 1. The van der Waals surface area contributed by atoms with Gasteiger partial charge in [-0.15, -0.1) is 0 Å². The van der Waals surface area contributed by atoms with Crippen molar-refractivity contribution in [3.05, 3.63) is 10.2 Å². The molecular weight excluding hydrogens is 447 g/mol. The molecule has 0 aromatic heterocycles. The average Bonchev–Trinajstić information content (AvgIpc) is 2.49. The van der Waals surface area contributed by atoms with Crippen molar-refractivity contribution < 1.29 is 18.8 Å². The lowest BCUT2D eigenvalue weighted by molar-refractivity contribution is -0.150. The molecule has 0 aliphatic carbocycles. The van der Waals surface area contributed by atoms with Gasteiger partial charge in [0.15, 0.2) is 0 Å². The summed E-state index contributed by atoms with van der Waals surface area (Å²) in [6.07, 6.45) is 3.48. The number of rotatable bonds is 12. The Bertz CT molecular complexity index is 413. The highest BCUT2D eigenvalue weighted by atomic mass is 127. The summed E-state index contributed by atoms with van der Waals surface area (Å²) in [5, 5.41) is 0. The molecule has 2 atom stereocenters. The molecule has 0 amide bonds. The fraction of sp³-hybridized carbons (Fsp3) is 0.789. The van der Waals surface area contributed by atoms with Gasteiger partial charge in [-0.05, 0) is 34.1 Å². The summed E-state index contributed by atoms with van der Waals surface area (Å²) < 4.78 is 14.0. The van der Waals surface area contributed by atoms with Gasteiger partial charge in [-0.1, -0.05) is 70.2 Å². The van der Waals surface area contributed by atoms with Crippen LogP contribution in [0.5, 0.6) is 0 Å². The third-order valence-corrected chi connectivity index (χ3v) is 11.3. The predicted molar refractivity (Wildman–Crippen MR) is 115 cm³/mol. The van der Waals surface area contributed by atoms with Crippen LogP contribution in [0.1, 0.15) is 67.7 Å². The fourth-order valence-corrected chi connectivity index (χ4v) is 9.66. The summed E-state index contributed by atoms with van der Waals surface area (Å²) in [7, 11) is -2.06. The molecule has 0 fully saturated rings. The van der Waals surface area contributed by atoms with Crippen LogP contribution in [0.3, 0.4) is 0 Å². The van der Waals surface area contributed by atoms with Crippen molar-refractivity contribution in [2.24, 2.45) is 0 Å². The molecule has 6 heteroatoms. The number of carbonyl (C=O) groups is 2. The Hall–Kier alpha value is -0.213. The standard InChI is InChI=1S/C19H35IO4Si/c1-14(2)25(15(3)4,16(5)6)24-18(10-11-20)13-19(22)23-17(7)9-8-12-21/h10-12,14-18H,8-9,13H2,1-7H3/b11-10+/t17-,18-/m1/s1. The van der Waals surface area contributed by atoms with E-state index in [0.29, 0.717) is 29.5 Å². The van der Waals surface area contributed by atoms with E-state index >= 15 is 0 Å². The summed E-state index contributed by atoms with van der Waals surface area (Å²) in [5.41, 5.74) is 1.38. The molecule has 0 rings (SSSR count). The summed E-state index contributed by atoms with van der Waals surface area (Å²) in [6, 6.07) is 0. The number of ether oxygens (including phenoxy) is 1. The van der Waals surface area contributed by atoms with Gasteiger partial charge in [-0.25, -0.2) is 0 Å². The van der Waals surface area contributed by atoms with Gasteiger partial charge < -0.3 is 14.0 Å². The molecule has 146 valence electrons. The van der Waals surface area contributed by atoms with Crippen LogP contribution in [0.2, 0.25) is 16.6 Å². The second-order valence-electron chi connectivity index (χ2n) is 7.54. The van der Waals surface area contributed by atoms with Crippen LogP contribution in [0.25, 0.3) is 0 Å². The summed E-state index contributed by atoms with van der Waals surface area (Å²) in [6.45, 7) is 15.2. The maximum absolute atomic E-state index is 12.3. The van der Waals surface area contributed by atoms with Crippen molar-refractivity contribution in [2.75, 3.05) is 0 Å². The Balaban J connectivity index is 5.15. The molecule has 0 unspecified atom stereocenters. The van der Waals surface area contributed by atoms with E-state index in [1.54, 1.807) is 0 Å². The van der Waals surface area contributed by atoms with Crippen molar-refractivity contribution in [1.82, 2.24) is 0 Å². The molecule has 0 bridgehead atoms. The van der Waals surface area contributed by atoms with Crippen molar-refractivity contribution in [3.63, 3.8) is 0 Å². The van der Waals surface area contributed by atoms with Crippen molar-refractivity contribution >= 4 is 43.2 Å². The molecule has 0 heterocycles. The maximum Gasteiger partial charge on any atom is 0.308 e. The minimum Gasteiger partial charge on any atom is -0.463 e. The van der Waals surface area contributed by atoms with Gasteiger partial charge in [0.05, 0.1) is 18.6 Å². The van der Waals surface area contributed by atoms with Gasteiger partial charge in [0.1, 0.15) is 6.29 Å². The maximum atomic E-state index is 12.3. The quantitative estimate of drug-likeness (QED) is 0.153. The molecule has 25 heavy (non-hydrogen) atoms. The van der Waals surface area contributed by atoms with Crippen LogP contribution in [0.15, 0.2) is 10.2 Å². The minimum atomic E-state index is -2.06. The first-order valence-corrected chi connectivity index (χ1v) is 12.6. The minimum absolute atomic E-state index is 0.214. The SMILES string of the molecule is CC(C)[Si](O[C@H](/C=C/I)CC(=O)O[C@H](C)CCC=O)(C(C)C)C(C)C. The third kappa shape index (κ3) is 7.91. The van der Waals surface area contributed by atoms with E-state index in [-0.39, 0.29) is 24.6 Å². The van der Waals surface area contributed by atoms with E-state index < -0.39 is 8.32 Å². The first-order chi connectivity index (χ1) is 11.6. The van der Waals surface area contributed by atoms with E-state index in [1.165, 1.54) is 0 Å². The van der Waals surface area contributed by atoms with Gasteiger partial charge in [-0.2, -0.15) is 0 Å². The lowest BCUT2D eigenvalue weighted by atomic mass is 10.2. The van der Waals surface area contributed by atoms with E-state index in [4.69, 9.17) is 9.16 Å². The smallest absolute Gasteiger partial charge is 0.308 e. The van der Waals surface area contributed by atoms with Crippen LogP contribution in [-0.2, 0) is 18.8 Å². The van der Waals surface area contributed by atoms with Crippen molar-refractivity contribution in [1.29, 1.82) is 0 Å². The highest BCUT2D eigenvalue weighted by Crippen LogP contribution is 2.43. The molecular formula is C19H35IO4Si. The number of hydrogen-bond acceptors (Lipinski definition) is 4. The Kier molecular flexibility index (Phi) is 12.1. The summed E-state index contributed by atoms with van der Waals surface area (Å²) >= 11 is 2.16. The Morgan fingerprint density at radius 3 is 1.96 bits per heavy atom. The molecule has 0 saturated carbocycles. The van der Waals surface area contributed by atoms with Crippen molar-refractivity contribution in [2.45, 2.75) is 96.6 Å². The van der Waals surface area contributed by atoms with Gasteiger partial charge in [0, 0.05) is 6.42 Å². The molecule has 0 aromatic rings. The molecule has 0 saturated heterocycles. The van der Waals surface area contributed by atoms with Crippen LogP contribution in [0.4, 0.5) is 0 Å². The zero-order valence-electron chi connectivity index (χ0n) is 16.8. The molecule has 0 aliphatic rings. The first kappa shape index (κ1) is 24.8. The van der Waals surface area contributed by atoms with Crippen LogP contribution in [-0.4, -0.2) is 32.8 Å². The van der Waals surface area contributed by atoms with Crippen LogP contribution < -0.4 is 0 Å². The third-order valence-electron chi connectivity index (χ3n) is 4.74. The first-order valence-electron chi connectivity index (χ1n) is 9.19. The number of hydrogen-bond donors (Lipinski definition) is 0. The largest absolute Gasteiger partial charge is 0.463 e. The van der Waals surface area contributed by atoms with E-state index in [9.17, 15) is 9.59 Å². The lowest BCUT2D eigenvalue weighted by Crippen LogP contribution is -2.50. The molecule has 0 N–H and O–H groups in total. The van der Waals surface area contributed by atoms with Gasteiger partial charge in [0.2, 0.25) is 8.32 Å². The highest BCUT2D eigenvalue weighted by Gasteiger charge is 2.46. The topological polar surface area (TPSA) is 52.6 Å².